The second-order valence-electron chi connectivity index (χ2n) is 5.75. The summed E-state index contributed by atoms with van der Waals surface area (Å²) in [7, 11) is 0. The van der Waals surface area contributed by atoms with Crippen molar-refractivity contribution in [3.05, 3.63) is 35.5 Å². The van der Waals surface area contributed by atoms with E-state index in [2.05, 4.69) is 10.3 Å². The number of hydrogen-bond acceptors (Lipinski definition) is 5. The number of amides is 1. The Kier molecular flexibility index (Phi) is 4.83. The molecule has 1 heterocycles. The highest BCUT2D eigenvalue weighted by Crippen LogP contribution is 2.34. The monoisotopic (exact) mass is 356 g/mol. The standard InChI is InChI=1S/C15H14F2N2O4S/c1-15(2,3)23-14(22)19-12-10(13(20)21)18-11(24-12)8-5-4-7(16)6-9(8)17/h4-6H,1-3H3,(H,19,22)(H,20,21). The number of carbonyl (C=O) groups is 2. The number of aromatic carboxylic acids is 1. The minimum Gasteiger partial charge on any atom is -0.476 e. The summed E-state index contributed by atoms with van der Waals surface area (Å²) in [6.07, 6.45) is -0.861. The van der Waals surface area contributed by atoms with Gasteiger partial charge < -0.3 is 9.84 Å². The summed E-state index contributed by atoms with van der Waals surface area (Å²) < 4.78 is 31.9. The van der Waals surface area contributed by atoms with E-state index in [0.717, 1.165) is 23.5 Å². The van der Waals surface area contributed by atoms with Gasteiger partial charge in [-0.1, -0.05) is 11.3 Å². The van der Waals surface area contributed by atoms with Gasteiger partial charge >= 0.3 is 12.1 Å². The van der Waals surface area contributed by atoms with Crippen molar-refractivity contribution < 1.29 is 28.2 Å². The number of carboxylic acid groups (broad SMARTS) is 1. The van der Waals surface area contributed by atoms with Gasteiger partial charge in [-0.2, -0.15) is 0 Å². The van der Waals surface area contributed by atoms with Gasteiger partial charge in [0.2, 0.25) is 0 Å². The lowest BCUT2D eigenvalue weighted by Gasteiger charge is -2.19. The summed E-state index contributed by atoms with van der Waals surface area (Å²) in [5.74, 6) is -3.05. The van der Waals surface area contributed by atoms with Crippen LogP contribution >= 0.6 is 11.3 Å². The maximum Gasteiger partial charge on any atom is 0.412 e. The van der Waals surface area contributed by atoms with Gasteiger partial charge in [0.1, 0.15) is 27.2 Å². The van der Waals surface area contributed by atoms with Crippen LogP contribution in [0.1, 0.15) is 31.3 Å². The normalized spacial score (nSPS) is 11.2. The summed E-state index contributed by atoms with van der Waals surface area (Å²) in [5, 5.41) is 11.4. The molecule has 0 unspecified atom stereocenters. The van der Waals surface area contributed by atoms with Gasteiger partial charge in [0.25, 0.3) is 0 Å². The molecular formula is C15H14F2N2O4S. The number of carbonyl (C=O) groups excluding carboxylic acids is 1. The molecule has 2 aromatic rings. The number of thiazole rings is 1. The SMILES string of the molecule is CC(C)(C)OC(=O)Nc1sc(-c2ccc(F)cc2F)nc1C(=O)O. The molecule has 1 aromatic heterocycles. The van der Waals surface area contributed by atoms with E-state index < -0.39 is 35.0 Å². The van der Waals surface area contributed by atoms with Crippen LogP contribution in [0.5, 0.6) is 0 Å². The summed E-state index contributed by atoms with van der Waals surface area (Å²) in [5.41, 5.74) is -1.30. The lowest BCUT2D eigenvalue weighted by Crippen LogP contribution is -2.27. The third kappa shape index (κ3) is 4.25. The van der Waals surface area contributed by atoms with Crippen LogP contribution in [0.4, 0.5) is 18.6 Å². The average molecular weight is 356 g/mol. The zero-order valence-electron chi connectivity index (χ0n) is 13.0. The van der Waals surface area contributed by atoms with Gasteiger partial charge in [-0.05, 0) is 32.9 Å². The van der Waals surface area contributed by atoms with E-state index in [1.54, 1.807) is 20.8 Å². The van der Waals surface area contributed by atoms with Crippen LogP contribution in [0.25, 0.3) is 10.6 Å². The van der Waals surface area contributed by atoms with Crippen molar-refractivity contribution in [2.75, 3.05) is 5.32 Å². The van der Waals surface area contributed by atoms with E-state index in [4.69, 9.17) is 4.74 Å². The molecule has 2 N–H and O–H groups in total. The molecule has 128 valence electrons. The molecule has 0 bridgehead atoms. The maximum absolute atomic E-state index is 13.8. The first-order valence-electron chi connectivity index (χ1n) is 6.76. The lowest BCUT2D eigenvalue weighted by atomic mass is 10.2. The van der Waals surface area contributed by atoms with Crippen molar-refractivity contribution >= 4 is 28.4 Å². The maximum atomic E-state index is 13.8. The zero-order valence-corrected chi connectivity index (χ0v) is 13.8. The van der Waals surface area contributed by atoms with Gasteiger partial charge in [0.05, 0.1) is 0 Å². The number of ether oxygens (including phenoxy) is 1. The second-order valence-corrected chi connectivity index (χ2v) is 6.75. The lowest BCUT2D eigenvalue weighted by molar-refractivity contribution is 0.0636. The third-order valence-electron chi connectivity index (χ3n) is 2.61. The van der Waals surface area contributed by atoms with Gasteiger partial charge in [0.15, 0.2) is 5.69 Å². The predicted molar refractivity (Wildman–Crippen MR) is 84.3 cm³/mol. The van der Waals surface area contributed by atoms with Gasteiger partial charge in [0, 0.05) is 11.6 Å². The summed E-state index contributed by atoms with van der Waals surface area (Å²) in [4.78, 5) is 26.9. The Labute approximate surface area is 140 Å². The molecule has 0 aliphatic rings. The van der Waals surface area contributed by atoms with Crippen LogP contribution < -0.4 is 5.32 Å². The van der Waals surface area contributed by atoms with Crippen molar-refractivity contribution in [1.29, 1.82) is 0 Å². The Morgan fingerprint density at radius 2 is 1.96 bits per heavy atom. The number of aromatic nitrogens is 1. The highest BCUT2D eigenvalue weighted by Gasteiger charge is 2.24. The largest absolute Gasteiger partial charge is 0.476 e. The molecule has 0 atom stereocenters. The van der Waals surface area contributed by atoms with Crippen molar-refractivity contribution in [2.24, 2.45) is 0 Å². The quantitative estimate of drug-likeness (QED) is 0.863. The minimum absolute atomic E-state index is 0.00374. The Balaban J connectivity index is 2.37. The summed E-state index contributed by atoms with van der Waals surface area (Å²) in [6, 6.07) is 2.84. The molecule has 2 rings (SSSR count). The first kappa shape index (κ1) is 17.8. The molecule has 1 amide bonds. The highest BCUT2D eigenvalue weighted by molar-refractivity contribution is 7.19. The van der Waals surface area contributed by atoms with Crippen LogP contribution in [-0.4, -0.2) is 27.8 Å². The van der Waals surface area contributed by atoms with Crippen molar-refractivity contribution in [1.82, 2.24) is 4.98 Å². The van der Waals surface area contributed by atoms with E-state index in [-0.39, 0.29) is 15.6 Å². The fourth-order valence-corrected chi connectivity index (χ4v) is 2.69. The van der Waals surface area contributed by atoms with Crippen LogP contribution in [-0.2, 0) is 4.74 Å². The molecule has 0 aliphatic carbocycles. The minimum atomic E-state index is -1.40. The first-order valence-corrected chi connectivity index (χ1v) is 7.58. The summed E-state index contributed by atoms with van der Waals surface area (Å²) >= 11 is 0.749. The van der Waals surface area contributed by atoms with E-state index in [0.29, 0.717) is 6.07 Å². The number of anilines is 1. The van der Waals surface area contributed by atoms with Crippen LogP contribution in [0, 0.1) is 11.6 Å². The molecule has 9 heteroatoms. The first-order chi connectivity index (χ1) is 11.1. The molecule has 0 aliphatic heterocycles. The second kappa shape index (κ2) is 6.52. The number of halogens is 2. The van der Waals surface area contributed by atoms with Crippen LogP contribution in [0.2, 0.25) is 0 Å². The van der Waals surface area contributed by atoms with Crippen molar-refractivity contribution in [2.45, 2.75) is 26.4 Å². The van der Waals surface area contributed by atoms with Crippen molar-refractivity contribution in [3.63, 3.8) is 0 Å². The Bertz CT molecular complexity index is 799. The van der Waals surface area contributed by atoms with E-state index >= 15 is 0 Å². The Morgan fingerprint density at radius 1 is 1.29 bits per heavy atom. The number of nitrogens with zero attached hydrogens (tertiary/aromatic N) is 1. The van der Waals surface area contributed by atoms with Gasteiger partial charge in [-0.3, -0.25) is 5.32 Å². The Hall–Kier alpha value is -2.55. The topological polar surface area (TPSA) is 88.5 Å². The summed E-state index contributed by atoms with van der Waals surface area (Å²) in [6.45, 7) is 4.95. The molecule has 0 fully saturated rings. The fourth-order valence-electron chi connectivity index (χ4n) is 1.72. The molecule has 24 heavy (non-hydrogen) atoms. The van der Waals surface area contributed by atoms with E-state index in [1.165, 1.54) is 0 Å². The number of carboxylic acids is 1. The molecular weight excluding hydrogens is 342 g/mol. The average Bonchev–Trinajstić information content (AvgIpc) is 2.79. The molecule has 1 aromatic carbocycles. The van der Waals surface area contributed by atoms with Crippen molar-refractivity contribution in [3.8, 4) is 10.6 Å². The van der Waals surface area contributed by atoms with E-state index in [1.807, 2.05) is 0 Å². The number of benzene rings is 1. The fraction of sp³-hybridized carbons (Fsp3) is 0.267. The molecule has 0 saturated carbocycles. The molecule has 0 spiro atoms. The predicted octanol–water partition coefficient (Wildman–Crippen LogP) is 4.13. The smallest absolute Gasteiger partial charge is 0.412 e. The number of rotatable bonds is 3. The molecule has 0 saturated heterocycles. The number of hydrogen-bond donors (Lipinski definition) is 2. The van der Waals surface area contributed by atoms with Gasteiger partial charge in [-0.15, -0.1) is 0 Å². The molecule has 6 nitrogen and oxygen atoms in total. The molecule has 0 radical (unpaired) electrons. The number of nitrogens with one attached hydrogen (secondary N) is 1. The highest BCUT2D eigenvalue weighted by atomic mass is 32.1. The van der Waals surface area contributed by atoms with Crippen LogP contribution in [0.3, 0.4) is 0 Å². The zero-order chi connectivity index (χ0) is 18.1. The third-order valence-corrected chi connectivity index (χ3v) is 3.61. The van der Waals surface area contributed by atoms with Gasteiger partial charge in [-0.25, -0.2) is 23.4 Å². The van der Waals surface area contributed by atoms with E-state index in [9.17, 15) is 23.5 Å². The van der Waals surface area contributed by atoms with Crippen LogP contribution in [0.15, 0.2) is 18.2 Å². The Morgan fingerprint density at radius 3 is 2.50 bits per heavy atom.